The topological polar surface area (TPSA) is 44.1 Å². The lowest BCUT2D eigenvalue weighted by Crippen LogP contribution is -2.00. The molecule has 0 radical (unpaired) electrons. The van der Waals surface area contributed by atoms with Crippen molar-refractivity contribution in [3.63, 3.8) is 0 Å². The predicted octanol–water partition coefficient (Wildman–Crippen LogP) is 3.77. The molecule has 3 aromatic rings. The molecule has 4 nitrogen and oxygen atoms in total. The van der Waals surface area contributed by atoms with Crippen LogP contribution in [0.2, 0.25) is 5.28 Å². The van der Waals surface area contributed by atoms with Gasteiger partial charge < -0.3 is 4.74 Å². The number of aryl methyl sites for hydroxylation is 1. The molecule has 2 aromatic carbocycles. The average Bonchev–Trinajstić information content (AvgIpc) is 2.82. The summed E-state index contributed by atoms with van der Waals surface area (Å²) in [7, 11) is 1.35. The Morgan fingerprint density at radius 3 is 2.57 bits per heavy atom. The summed E-state index contributed by atoms with van der Waals surface area (Å²) >= 11 is 6.24. The lowest BCUT2D eigenvalue weighted by molar-refractivity contribution is 0.0601. The van der Waals surface area contributed by atoms with Crippen LogP contribution in [0.3, 0.4) is 0 Å². The third-order valence-corrected chi connectivity index (χ3v) is 3.58. The van der Waals surface area contributed by atoms with Crippen LogP contribution >= 0.6 is 11.6 Å². The van der Waals surface area contributed by atoms with Gasteiger partial charge in [0.05, 0.1) is 23.7 Å². The molecule has 3 rings (SSSR count). The van der Waals surface area contributed by atoms with Crippen LogP contribution in [-0.2, 0) is 4.74 Å². The molecular weight excluding hydrogens is 288 g/mol. The van der Waals surface area contributed by atoms with E-state index in [9.17, 15) is 4.79 Å². The minimum absolute atomic E-state index is 0.357. The first-order valence-corrected chi connectivity index (χ1v) is 6.81. The predicted molar refractivity (Wildman–Crippen MR) is 82.2 cm³/mol. The summed E-state index contributed by atoms with van der Waals surface area (Å²) in [4.78, 5) is 15.9. The number of esters is 1. The van der Waals surface area contributed by atoms with Crippen molar-refractivity contribution in [2.75, 3.05) is 7.11 Å². The lowest BCUT2D eigenvalue weighted by Gasteiger charge is -2.06. The monoisotopic (exact) mass is 300 g/mol. The van der Waals surface area contributed by atoms with Crippen LogP contribution in [0.4, 0.5) is 0 Å². The largest absolute Gasteiger partial charge is 0.465 e. The van der Waals surface area contributed by atoms with Crippen molar-refractivity contribution in [3.05, 3.63) is 58.9 Å². The molecule has 106 valence electrons. The second-order valence-electron chi connectivity index (χ2n) is 4.75. The Morgan fingerprint density at radius 1 is 1.19 bits per heavy atom. The summed E-state index contributed by atoms with van der Waals surface area (Å²) < 4.78 is 6.56. The highest BCUT2D eigenvalue weighted by Gasteiger charge is 2.13. The molecule has 1 aromatic heterocycles. The maximum Gasteiger partial charge on any atom is 0.337 e. The summed E-state index contributed by atoms with van der Waals surface area (Å²) in [5.74, 6) is -0.391. The van der Waals surface area contributed by atoms with Gasteiger partial charge in [0.15, 0.2) is 0 Å². The number of ether oxygens (including phenoxy) is 1. The zero-order valence-electron chi connectivity index (χ0n) is 11.6. The molecular formula is C16H13ClN2O2. The van der Waals surface area contributed by atoms with Crippen molar-refractivity contribution < 1.29 is 9.53 Å². The molecule has 0 atom stereocenters. The molecule has 5 heteroatoms. The van der Waals surface area contributed by atoms with E-state index in [4.69, 9.17) is 16.3 Å². The molecule has 21 heavy (non-hydrogen) atoms. The zero-order chi connectivity index (χ0) is 15.0. The van der Waals surface area contributed by atoms with Gasteiger partial charge >= 0.3 is 5.97 Å². The van der Waals surface area contributed by atoms with Gasteiger partial charge in [-0.25, -0.2) is 9.78 Å². The third kappa shape index (κ3) is 2.38. The molecule has 0 N–H and O–H groups in total. The number of rotatable bonds is 2. The number of benzene rings is 2. The Morgan fingerprint density at radius 2 is 1.90 bits per heavy atom. The van der Waals surface area contributed by atoms with Crippen LogP contribution in [0, 0.1) is 6.92 Å². The van der Waals surface area contributed by atoms with Gasteiger partial charge in [0.2, 0.25) is 5.28 Å². The minimum Gasteiger partial charge on any atom is -0.465 e. The first-order valence-electron chi connectivity index (χ1n) is 6.43. The van der Waals surface area contributed by atoms with Crippen molar-refractivity contribution in [1.29, 1.82) is 0 Å². The first kappa shape index (κ1) is 13.6. The van der Waals surface area contributed by atoms with Gasteiger partial charge in [-0.2, -0.15) is 0 Å². The average molecular weight is 301 g/mol. The lowest BCUT2D eigenvalue weighted by atomic mass is 10.2. The normalized spacial score (nSPS) is 10.8. The van der Waals surface area contributed by atoms with Crippen molar-refractivity contribution in [2.45, 2.75) is 6.92 Å². The molecule has 0 aliphatic rings. The molecule has 0 saturated heterocycles. The maximum atomic E-state index is 11.6. The number of nitrogens with zero attached hydrogens (tertiary/aromatic N) is 2. The van der Waals surface area contributed by atoms with Crippen LogP contribution in [-0.4, -0.2) is 22.6 Å². The quantitative estimate of drug-likeness (QED) is 0.677. The third-order valence-electron chi connectivity index (χ3n) is 3.33. The minimum atomic E-state index is -0.391. The Bertz CT molecular complexity index is 822. The first-order chi connectivity index (χ1) is 10.1. The number of fused-ring (bicyclic) bond motifs is 1. The van der Waals surface area contributed by atoms with E-state index in [-0.39, 0.29) is 0 Å². The molecule has 0 aliphatic heterocycles. The SMILES string of the molecule is COC(=O)c1ccc2c(c1)nc(Cl)n2-c1ccc(C)cc1. The highest BCUT2D eigenvalue weighted by molar-refractivity contribution is 6.29. The van der Waals surface area contributed by atoms with Gasteiger partial charge in [-0.15, -0.1) is 0 Å². The van der Waals surface area contributed by atoms with Gasteiger partial charge in [-0.3, -0.25) is 4.57 Å². The van der Waals surface area contributed by atoms with Crippen LogP contribution < -0.4 is 0 Å². The van der Waals surface area contributed by atoms with Crippen LogP contribution in [0.1, 0.15) is 15.9 Å². The number of hydrogen-bond donors (Lipinski definition) is 0. The molecule has 0 aliphatic carbocycles. The number of aromatic nitrogens is 2. The fraction of sp³-hybridized carbons (Fsp3) is 0.125. The molecule has 0 unspecified atom stereocenters. The number of carbonyl (C=O) groups is 1. The highest BCUT2D eigenvalue weighted by Crippen LogP contribution is 2.25. The van der Waals surface area contributed by atoms with E-state index in [0.29, 0.717) is 16.4 Å². The molecule has 0 bridgehead atoms. The Balaban J connectivity index is 2.18. The van der Waals surface area contributed by atoms with Gasteiger partial charge in [0.1, 0.15) is 0 Å². The molecule has 0 spiro atoms. The highest BCUT2D eigenvalue weighted by atomic mass is 35.5. The van der Waals surface area contributed by atoms with Crippen molar-refractivity contribution in [2.24, 2.45) is 0 Å². The van der Waals surface area contributed by atoms with E-state index in [2.05, 4.69) is 4.98 Å². The van der Waals surface area contributed by atoms with E-state index >= 15 is 0 Å². The molecule has 0 fully saturated rings. The summed E-state index contributed by atoms with van der Waals surface area (Å²) in [5, 5.41) is 0.357. The zero-order valence-corrected chi connectivity index (χ0v) is 12.4. The Kier molecular flexibility index (Phi) is 3.39. The fourth-order valence-corrected chi connectivity index (χ4v) is 2.51. The van der Waals surface area contributed by atoms with E-state index in [0.717, 1.165) is 11.2 Å². The second kappa shape index (κ2) is 5.22. The Hall–Kier alpha value is -2.33. The summed E-state index contributed by atoms with van der Waals surface area (Å²) in [6, 6.07) is 13.2. The fourth-order valence-electron chi connectivity index (χ4n) is 2.24. The second-order valence-corrected chi connectivity index (χ2v) is 5.08. The van der Waals surface area contributed by atoms with Crippen molar-refractivity contribution in [3.8, 4) is 5.69 Å². The van der Waals surface area contributed by atoms with Crippen LogP contribution in [0.5, 0.6) is 0 Å². The number of carbonyl (C=O) groups excluding carboxylic acids is 1. The molecule has 0 amide bonds. The number of halogens is 1. The van der Waals surface area contributed by atoms with E-state index in [1.807, 2.05) is 41.8 Å². The number of hydrogen-bond acceptors (Lipinski definition) is 3. The van der Waals surface area contributed by atoms with Gasteiger partial charge in [0.25, 0.3) is 0 Å². The van der Waals surface area contributed by atoms with Gasteiger partial charge in [-0.1, -0.05) is 17.7 Å². The van der Waals surface area contributed by atoms with Gasteiger partial charge in [-0.05, 0) is 48.9 Å². The summed E-state index contributed by atoms with van der Waals surface area (Å²) in [6.45, 7) is 2.03. The van der Waals surface area contributed by atoms with Gasteiger partial charge in [0, 0.05) is 5.69 Å². The van der Waals surface area contributed by atoms with E-state index in [1.165, 1.54) is 12.7 Å². The van der Waals surface area contributed by atoms with Crippen LogP contribution in [0.25, 0.3) is 16.7 Å². The maximum absolute atomic E-state index is 11.6. The number of methoxy groups -OCH3 is 1. The summed E-state index contributed by atoms with van der Waals surface area (Å²) in [5.41, 5.74) is 4.06. The Labute approximate surface area is 126 Å². The van der Waals surface area contributed by atoms with E-state index in [1.54, 1.807) is 12.1 Å². The van der Waals surface area contributed by atoms with Crippen LogP contribution in [0.15, 0.2) is 42.5 Å². The van der Waals surface area contributed by atoms with Crippen molar-refractivity contribution in [1.82, 2.24) is 9.55 Å². The molecule has 0 saturated carbocycles. The summed E-state index contributed by atoms with van der Waals surface area (Å²) in [6.07, 6.45) is 0. The standard InChI is InChI=1S/C16H13ClN2O2/c1-10-3-6-12(7-4-10)19-14-8-5-11(15(20)21-2)9-13(14)18-16(19)17/h3-9H,1-2H3. The van der Waals surface area contributed by atoms with E-state index < -0.39 is 5.97 Å². The molecule has 1 heterocycles. The number of imidazole rings is 1. The van der Waals surface area contributed by atoms with Crippen molar-refractivity contribution >= 4 is 28.6 Å². The smallest absolute Gasteiger partial charge is 0.337 e.